The number of nitrogens with zero attached hydrogens (tertiary/aromatic N) is 2. The zero-order valence-electron chi connectivity index (χ0n) is 22.5. The molecule has 0 unspecified atom stereocenters. The van der Waals surface area contributed by atoms with Gasteiger partial charge in [0.1, 0.15) is 0 Å². The zero-order chi connectivity index (χ0) is 26.1. The number of hydrogen-bond donors (Lipinski definition) is 1. The topological polar surface area (TPSA) is 69.7 Å². The predicted octanol–water partition coefficient (Wildman–Crippen LogP) is 5.11. The van der Waals surface area contributed by atoms with Crippen LogP contribution in [0.15, 0.2) is 29.2 Å². The van der Waals surface area contributed by atoms with E-state index in [4.69, 9.17) is 0 Å². The van der Waals surface area contributed by atoms with Crippen molar-refractivity contribution in [1.29, 1.82) is 0 Å². The van der Waals surface area contributed by atoms with Gasteiger partial charge in [0.15, 0.2) is 0 Å². The number of sulfonamides is 1. The number of amides is 1. The number of benzene rings is 2. The van der Waals surface area contributed by atoms with E-state index in [0.29, 0.717) is 42.9 Å². The van der Waals surface area contributed by atoms with Crippen LogP contribution in [0.2, 0.25) is 0 Å². The van der Waals surface area contributed by atoms with Crippen LogP contribution in [-0.4, -0.2) is 56.3 Å². The van der Waals surface area contributed by atoms with E-state index < -0.39 is 10.0 Å². The number of anilines is 1. The second-order valence-electron chi connectivity index (χ2n) is 10.4. The van der Waals surface area contributed by atoms with Gasteiger partial charge < -0.3 is 5.32 Å². The van der Waals surface area contributed by atoms with E-state index in [1.54, 1.807) is 4.31 Å². The highest BCUT2D eigenvalue weighted by atomic mass is 32.2. The Morgan fingerprint density at radius 1 is 0.886 bits per heavy atom. The Labute approximate surface area is 211 Å². The quantitative estimate of drug-likeness (QED) is 0.575. The molecule has 0 atom stereocenters. The van der Waals surface area contributed by atoms with Gasteiger partial charge in [0.2, 0.25) is 15.9 Å². The summed E-state index contributed by atoms with van der Waals surface area (Å²) in [5.74, 6) is 0.544. The number of carbonyl (C=O) groups is 1. The summed E-state index contributed by atoms with van der Waals surface area (Å²) in [5, 5.41) is 3.17. The molecule has 3 rings (SSSR count). The van der Waals surface area contributed by atoms with Gasteiger partial charge in [-0.1, -0.05) is 52.0 Å². The molecule has 35 heavy (non-hydrogen) atoms. The highest BCUT2D eigenvalue weighted by Gasteiger charge is 2.32. The molecule has 1 saturated heterocycles. The van der Waals surface area contributed by atoms with Gasteiger partial charge in [-0.15, -0.1) is 0 Å². The molecule has 2 aromatic carbocycles. The maximum absolute atomic E-state index is 13.5. The largest absolute Gasteiger partial charge is 0.324 e. The van der Waals surface area contributed by atoms with Crippen LogP contribution in [0.1, 0.15) is 72.9 Å². The fraction of sp³-hybridized carbons (Fsp3) is 0.536. The van der Waals surface area contributed by atoms with Crippen molar-refractivity contribution in [3.05, 3.63) is 57.6 Å². The van der Waals surface area contributed by atoms with Crippen LogP contribution >= 0.6 is 0 Å². The fourth-order valence-corrected chi connectivity index (χ4v) is 6.90. The first-order valence-electron chi connectivity index (χ1n) is 12.6. The van der Waals surface area contributed by atoms with Gasteiger partial charge in [-0.05, 0) is 72.9 Å². The third kappa shape index (κ3) is 5.79. The summed E-state index contributed by atoms with van der Waals surface area (Å²) in [6.45, 7) is 18.3. The average molecular weight is 500 g/mol. The molecular weight excluding hydrogens is 458 g/mol. The maximum Gasteiger partial charge on any atom is 0.243 e. The highest BCUT2D eigenvalue weighted by Crippen LogP contribution is 2.33. The molecule has 1 heterocycles. The molecule has 2 aromatic rings. The van der Waals surface area contributed by atoms with Crippen LogP contribution in [0.3, 0.4) is 0 Å². The molecule has 1 aliphatic heterocycles. The van der Waals surface area contributed by atoms with Crippen molar-refractivity contribution in [3.8, 4) is 0 Å². The van der Waals surface area contributed by atoms with Crippen molar-refractivity contribution >= 4 is 21.6 Å². The van der Waals surface area contributed by atoms with Gasteiger partial charge in [0.25, 0.3) is 0 Å². The Kier molecular flexibility index (Phi) is 8.45. The zero-order valence-corrected chi connectivity index (χ0v) is 23.3. The molecule has 1 fully saturated rings. The van der Waals surface area contributed by atoms with Crippen molar-refractivity contribution in [1.82, 2.24) is 9.21 Å². The van der Waals surface area contributed by atoms with Crippen LogP contribution in [0.4, 0.5) is 5.69 Å². The molecule has 0 aromatic heterocycles. The SMILES string of the molecule is Cc1cc(C)c(C)c(S(=O)(=O)N2CCN(CC(=O)Nc3c(C(C)C)cccc3C(C)C)CC2)c1C. The smallest absolute Gasteiger partial charge is 0.243 e. The van der Waals surface area contributed by atoms with Crippen LogP contribution in [-0.2, 0) is 14.8 Å². The van der Waals surface area contributed by atoms with Gasteiger partial charge in [-0.2, -0.15) is 4.31 Å². The van der Waals surface area contributed by atoms with Crippen molar-refractivity contribution in [2.24, 2.45) is 0 Å². The summed E-state index contributed by atoms with van der Waals surface area (Å²) in [4.78, 5) is 15.5. The normalized spacial score (nSPS) is 15.7. The monoisotopic (exact) mass is 499 g/mol. The Balaban J connectivity index is 1.70. The molecule has 0 radical (unpaired) electrons. The molecule has 0 bridgehead atoms. The first kappa shape index (κ1) is 27.4. The first-order valence-corrected chi connectivity index (χ1v) is 14.0. The molecule has 0 aliphatic carbocycles. The summed E-state index contributed by atoms with van der Waals surface area (Å²) < 4.78 is 28.6. The van der Waals surface area contributed by atoms with Gasteiger partial charge in [-0.3, -0.25) is 9.69 Å². The number of para-hydroxylation sites is 1. The van der Waals surface area contributed by atoms with E-state index in [1.165, 1.54) is 0 Å². The molecule has 1 N–H and O–H groups in total. The average Bonchev–Trinajstić information content (AvgIpc) is 2.78. The number of hydrogen-bond acceptors (Lipinski definition) is 4. The lowest BCUT2D eigenvalue weighted by atomic mass is 9.92. The van der Waals surface area contributed by atoms with Crippen LogP contribution < -0.4 is 5.32 Å². The lowest BCUT2D eigenvalue weighted by Crippen LogP contribution is -2.50. The fourth-order valence-electron chi connectivity index (χ4n) is 4.90. The van der Waals surface area contributed by atoms with Gasteiger partial charge >= 0.3 is 0 Å². The number of piperazine rings is 1. The Hall–Kier alpha value is -2.22. The van der Waals surface area contributed by atoms with Crippen molar-refractivity contribution in [2.45, 2.75) is 72.1 Å². The Morgan fingerprint density at radius 3 is 1.83 bits per heavy atom. The standard InChI is InChI=1S/C28H41N3O3S/c1-18(2)24-10-9-11-25(19(3)4)27(24)29-26(32)17-30-12-14-31(15-13-30)35(33,34)28-22(7)20(5)16-21(6)23(28)8/h9-11,16,18-19H,12-15,17H2,1-8H3,(H,29,32). The van der Waals surface area contributed by atoms with E-state index in [1.807, 2.05) is 38.7 Å². The van der Waals surface area contributed by atoms with E-state index >= 15 is 0 Å². The molecular formula is C28H41N3O3S. The third-order valence-electron chi connectivity index (χ3n) is 7.23. The maximum atomic E-state index is 13.5. The van der Waals surface area contributed by atoms with Gasteiger partial charge in [-0.25, -0.2) is 8.42 Å². The number of nitrogens with one attached hydrogen (secondary N) is 1. The first-order chi connectivity index (χ1) is 16.3. The van der Waals surface area contributed by atoms with Gasteiger partial charge in [0, 0.05) is 31.9 Å². The summed E-state index contributed by atoms with van der Waals surface area (Å²) in [7, 11) is -3.59. The Bertz CT molecular complexity index is 1140. The Morgan fingerprint density at radius 2 is 1.37 bits per heavy atom. The molecule has 192 valence electrons. The van der Waals surface area contributed by atoms with E-state index in [0.717, 1.165) is 39.1 Å². The summed E-state index contributed by atoms with van der Waals surface area (Å²) in [6, 6.07) is 8.25. The molecule has 6 nitrogen and oxygen atoms in total. The number of rotatable bonds is 7. The summed E-state index contributed by atoms with van der Waals surface area (Å²) in [5.41, 5.74) is 6.82. The lowest BCUT2D eigenvalue weighted by Gasteiger charge is -2.34. The second kappa shape index (κ2) is 10.8. The van der Waals surface area contributed by atoms with E-state index in [-0.39, 0.29) is 12.5 Å². The van der Waals surface area contributed by atoms with Gasteiger partial charge in [0.05, 0.1) is 11.4 Å². The molecule has 1 aliphatic rings. The third-order valence-corrected chi connectivity index (χ3v) is 9.40. The van der Waals surface area contributed by atoms with E-state index in [9.17, 15) is 13.2 Å². The number of carbonyl (C=O) groups excluding carboxylic acids is 1. The minimum absolute atomic E-state index is 0.0581. The minimum Gasteiger partial charge on any atom is -0.324 e. The molecule has 0 saturated carbocycles. The molecule has 0 spiro atoms. The molecule has 1 amide bonds. The number of aryl methyl sites for hydroxylation is 2. The summed E-state index contributed by atoms with van der Waals surface area (Å²) in [6.07, 6.45) is 0. The van der Waals surface area contributed by atoms with Crippen LogP contribution in [0, 0.1) is 27.7 Å². The second-order valence-corrected chi connectivity index (χ2v) is 12.3. The predicted molar refractivity (Wildman–Crippen MR) is 144 cm³/mol. The van der Waals surface area contributed by atoms with Crippen LogP contribution in [0.5, 0.6) is 0 Å². The van der Waals surface area contributed by atoms with Crippen molar-refractivity contribution in [3.63, 3.8) is 0 Å². The highest BCUT2D eigenvalue weighted by molar-refractivity contribution is 7.89. The van der Waals surface area contributed by atoms with Crippen molar-refractivity contribution < 1.29 is 13.2 Å². The lowest BCUT2D eigenvalue weighted by molar-refractivity contribution is -0.117. The van der Waals surface area contributed by atoms with Crippen LogP contribution in [0.25, 0.3) is 0 Å². The summed E-state index contributed by atoms with van der Waals surface area (Å²) >= 11 is 0. The van der Waals surface area contributed by atoms with E-state index in [2.05, 4.69) is 51.2 Å². The molecule has 7 heteroatoms. The van der Waals surface area contributed by atoms with Crippen molar-refractivity contribution in [2.75, 3.05) is 38.0 Å². The minimum atomic E-state index is -3.59.